The van der Waals surface area contributed by atoms with E-state index in [0.717, 1.165) is 23.1 Å². The molecule has 168 valence electrons. The number of nitrogens with one attached hydrogen (secondary N) is 1. The molecular weight excluding hydrogens is 428 g/mol. The van der Waals surface area contributed by atoms with Gasteiger partial charge in [-0.3, -0.25) is 14.9 Å². The molecule has 0 bridgehead atoms. The van der Waals surface area contributed by atoms with Crippen molar-refractivity contribution in [2.75, 3.05) is 27.2 Å². The zero-order chi connectivity index (χ0) is 22.4. The number of ketones is 1. The Hall–Kier alpha value is -3.22. The number of hydrogen-bond donors (Lipinski definition) is 1. The molecule has 0 aliphatic carbocycles. The number of ether oxygens (including phenoxy) is 1. The molecule has 0 saturated carbocycles. The molecule has 0 saturated heterocycles. The van der Waals surface area contributed by atoms with Crippen molar-refractivity contribution < 1.29 is 31.8 Å². The lowest BCUT2D eigenvalue weighted by molar-refractivity contribution is -0.861. The van der Waals surface area contributed by atoms with Crippen molar-refractivity contribution in [2.45, 2.75) is 6.92 Å². The van der Waals surface area contributed by atoms with Crippen LogP contribution in [0.2, 0.25) is 0 Å². The first kappa shape index (κ1) is 25.0. The molecule has 0 aliphatic rings. The fourth-order valence-electron chi connectivity index (χ4n) is 3.60. The minimum absolute atomic E-state index is 0. The Labute approximate surface area is 194 Å². The molecule has 0 amide bonds. The number of hydrogen-bond acceptors (Lipinski definition) is 4. The van der Waals surface area contributed by atoms with Gasteiger partial charge in [-0.25, -0.2) is 0 Å². The lowest BCUT2D eigenvalue weighted by Crippen LogP contribution is -3.06. The van der Waals surface area contributed by atoms with Gasteiger partial charge in [-0.2, -0.15) is 0 Å². The number of allylic oxidation sites excluding steroid dienone is 1. The van der Waals surface area contributed by atoms with Gasteiger partial charge in [-0.05, 0) is 29.2 Å². The Morgan fingerprint density at radius 2 is 1.81 bits per heavy atom. The summed E-state index contributed by atoms with van der Waals surface area (Å²) >= 11 is 0. The Kier molecular flexibility index (Phi) is 8.93. The summed E-state index contributed by atoms with van der Waals surface area (Å²) in [6.07, 6.45) is 3.04. The summed E-state index contributed by atoms with van der Waals surface area (Å²) in [6, 6.07) is 17.5. The lowest BCUT2D eigenvalue weighted by atomic mass is 10.00. The highest BCUT2D eigenvalue weighted by atomic mass is 35.5. The van der Waals surface area contributed by atoms with E-state index in [-0.39, 0.29) is 23.9 Å². The van der Waals surface area contributed by atoms with Crippen molar-refractivity contribution in [1.29, 1.82) is 0 Å². The summed E-state index contributed by atoms with van der Waals surface area (Å²) < 4.78 is 6.08. The second-order valence-electron chi connectivity index (χ2n) is 8.03. The van der Waals surface area contributed by atoms with Crippen LogP contribution in [-0.2, 0) is 0 Å². The molecule has 0 radical (unpaired) electrons. The predicted octanol–water partition coefficient (Wildman–Crippen LogP) is 0.808. The monoisotopic (exact) mass is 454 g/mol. The van der Waals surface area contributed by atoms with Gasteiger partial charge in [-0.15, -0.1) is 0 Å². The SMILES string of the molecule is CC(COc1ccc(C(=O)/C=C/c2cccc([N+](=O)[O-])c2)c2ccccc12)C[NH+](C)C.[Cl-]. The average Bonchev–Trinajstić information content (AvgIpc) is 2.75. The molecule has 1 unspecified atom stereocenters. The zero-order valence-corrected chi connectivity index (χ0v) is 19.1. The van der Waals surface area contributed by atoms with Crippen LogP contribution in [0.1, 0.15) is 22.8 Å². The molecule has 3 aromatic carbocycles. The van der Waals surface area contributed by atoms with E-state index in [1.165, 1.54) is 23.1 Å². The minimum Gasteiger partial charge on any atom is -1.00 e. The Morgan fingerprint density at radius 1 is 1.09 bits per heavy atom. The third-order valence-electron chi connectivity index (χ3n) is 4.94. The zero-order valence-electron chi connectivity index (χ0n) is 18.4. The molecule has 6 nitrogen and oxygen atoms in total. The highest BCUT2D eigenvalue weighted by Gasteiger charge is 2.13. The van der Waals surface area contributed by atoms with Crippen molar-refractivity contribution in [3.8, 4) is 5.75 Å². The molecular formula is C25H27ClN2O4. The average molecular weight is 455 g/mol. The molecule has 0 aliphatic heterocycles. The quantitative estimate of drug-likeness (QED) is 0.225. The van der Waals surface area contributed by atoms with Crippen LogP contribution in [0.3, 0.4) is 0 Å². The first-order valence-electron chi connectivity index (χ1n) is 10.3. The van der Waals surface area contributed by atoms with Gasteiger partial charge in [0.2, 0.25) is 0 Å². The second kappa shape index (κ2) is 11.4. The van der Waals surface area contributed by atoms with Gasteiger partial charge in [0.1, 0.15) is 5.75 Å². The molecule has 1 N–H and O–H groups in total. The molecule has 0 spiro atoms. The first-order valence-corrected chi connectivity index (χ1v) is 10.3. The summed E-state index contributed by atoms with van der Waals surface area (Å²) in [6.45, 7) is 3.78. The van der Waals surface area contributed by atoms with E-state index in [2.05, 4.69) is 21.0 Å². The number of halogens is 1. The van der Waals surface area contributed by atoms with Crippen molar-refractivity contribution >= 4 is 28.3 Å². The molecule has 0 heterocycles. The van der Waals surface area contributed by atoms with Gasteiger partial charge in [-0.1, -0.05) is 49.4 Å². The molecule has 3 rings (SSSR count). The van der Waals surface area contributed by atoms with Crippen LogP contribution in [0.25, 0.3) is 16.8 Å². The van der Waals surface area contributed by atoms with Crippen molar-refractivity contribution in [3.63, 3.8) is 0 Å². The number of carbonyl (C=O) groups is 1. The van der Waals surface area contributed by atoms with Gasteiger partial charge in [0.15, 0.2) is 5.78 Å². The smallest absolute Gasteiger partial charge is 0.270 e. The highest BCUT2D eigenvalue weighted by Crippen LogP contribution is 2.29. The number of non-ortho nitro benzene ring substituents is 1. The number of nitrogens with zero attached hydrogens (tertiary/aromatic N) is 1. The largest absolute Gasteiger partial charge is 1.00 e. The van der Waals surface area contributed by atoms with Crippen LogP contribution >= 0.6 is 0 Å². The van der Waals surface area contributed by atoms with Crippen LogP contribution in [0, 0.1) is 16.0 Å². The van der Waals surface area contributed by atoms with Crippen LogP contribution in [0.5, 0.6) is 5.75 Å². The van der Waals surface area contributed by atoms with Crippen molar-refractivity contribution in [1.82, 2.24) is 0 Å². The maximum absolute atomic E-state index is 12.9. The molecule has 0 aromatic heterocycles. The lowest BCUT2D eigenvalue weighted by Gasteiger charge is -2.17. The Balaban J connectivity index is 0.00000363. The van der Waals surface area contributed by atoms with Crippen molar-refractivity contribution in [3.05, 3.63) is 88.0 Å². The molecule has 1 atom stereocenters. The van der Waals surface area contributed by atoms with Crippen molar-refractivity contribution in [2.24, 2.45) is 5.92 Å². The van der Waals surface area contributed by atoms with Crippen LogP contribution < -0.4 is 22.0 Å². The summed E-state index contributed by atoms with van der Waals surface area (Å²) in [5, 5.41) is 12.6. The topological polar surface area (TPSA) is 73.9 Å². The summed E-state index contributed by atoms with van der Waals surface area (Å²) in [5.41, 5.74) is 1.16. The normalized spacial score (nSPS) is 12.0. The maximum atomic E-state index is 12.9. The summed E-state index contributed by atoms with van der Waals surface area (Å²) in [7, 11) is 4.24. The number of benzene rings is 3. The van der Waals surface area contributed by atoms with E-state index in [4.69, 9.17) is 4.74 Å². The number of rotatable bonds is 9. The van der Waals surface area contributed by atoms with Gasteiger partial charge in [0.25, 0.3) is 5.69 Å². The van der Waals surface area contributed by atoms with Crippen LogP contribution in [0.15, 0.2) is 66.7 Å². The van der Waals surface area contributed by atoms with E-state index >= 15 is 0 Å². The van der Waals surface area contributed by atoms with Gasteiger partial charge in [0.05, 0.1) is 32.2 Å². The van der Waals surface area contributed by atoms with E-state index in [1.807, 2.05) is 30.3 Å². The number of nitro groups is 1. The fourth-order valence-corrected chi connectivity index (χ4v) is 3.60. The fraction of sp³-hybridized carbons (Fsp3) is 0.240. The molecule has 32 heavy (non-hydrogen) atoms. The maximum Gasteiger partial charge on any atom is 0.270 e. The van der Waals surface area contributed by atoms with Gasteiger partial charge in [0, 0.05) is 29.0 Å². The van der Waals surface area contributed by atoms with E-state index in [0.29, 0.717) is 23.7 Å². The molecule has 7 heteroatoms. The predicted molar refractivity (Wildman–Crippen MR) is 123 cm³/mol. The van der Waals surface area contributed by atoms with Crippen LogP contribution in [0.4, 0.5) is 5.69 Å². The van der Waals surface area contributed by atoms with Gasteiger partial charge < -0.3 is 22.0 Å². The van der Waals surface area contributed by atoms with E-state index < -0.39 is 4.92 Å². The van der Waals surface area contributed by atoms with E-state index in [9.17, 15) is 14.9 Å². The molecule has 0 fully saturated rings. The number of carbonyl (C=O) groups excluding carboxylic acids is 1. The van der Waals surface area contributed by atoms with E-state index in [1.54, 1.807) is 24.3 Å². The second-order valence-corrected chi connectivity index (χ2v) is 8.03. The van der Waals surface area contributed by atoms with Gasteiger partial charge >= 0.3 is 0 Å². The number of nitro benzene ring substituents is 1. The summed E-state index contributed by atoms with van der Waals surface area (Å²) in [4.78, 5) is 24.7. The Bertz CT molecular complexity index is 1130. The summed E-state index contributed by atoms with van der Waals surface area (Å²) in [5.74, 6) is 0.997. The third kappa shape index (κ3) is 6.39. The minimum atomic E-state index is -0.452. The molecule has 3 aromatic rings. The number of quaternary nitrogens is 1. The highest BCUT2D eigenvalue weighted by molar-refractivity contribution is 6.15. The first-order chi connectivity index (χ1) is 14.8. The Morgan fingerprint density at radius 3 is 2.50 bits per heavy atom. The van der Waals surface area contributed by atoms with Crippen LogP contribution in [-0.4, -0.2) is 38.0 Å². The third-order valence-corrected chi connectivity index (χ3v) is 4.94. The standard InChI is InChI=1S/C25H26N2O4.ClH/c1-18(16-26(2)3)17-31-25-14-12-22(21-9-4-5-10-23(21)25)24(28)13-11-19-7-6-8-20(15-19)27(29)30;/h4-15,18H,16-17H2,1-3H3;1H/b13-11+;. The number of fused-ring (bicyclic) bond motifs is 1.